The van der Waals surface area contributed by atoms with E-state index in [2.05, 4.69) is 20.3 Å². The lowest BCUT2D eigenvalue weighted by Gasteiger charge is -2.01. The molecule has 5 aromatic rings. The Morgan fingerprint density at radius 1 is 0.920 bits per heavy atom. The van der Waals surface area contributed by atoms with Crippen molar-refractivity contribution < 1.29 is 0 Å². The topological polar surface area (TPSA) is 79.4 Å². The number of benzene rings is 2. The van der Waals surface area contributed by atoms with Crippen molar-refractivity contribution in [2.45, 2.75) is 0 Å². The summed E-state index contributed by atoms with van der Waals surface area (Å²) in [5.74, 6) is 0. The number of nitrogens with one attached hydrogen (secondary N) is 2. The van der Waals surface area contributed by atoms with Gasteiger partial charge in [0.1, 0.15) is 5.69 Å². The quantitative estimate of drug-likeness (QED) is 0.522. The lowest BCUT2D eigenvalue weighted by atomic mass is 10.1. The molecule has 0 fully saturated rings. The third-order valence-electron chi connectivity index (χ3n) is 4.32. The molecule has 0 atom stereocenters. The fourth-order valence-electron chi connectivity index (χ4n) is 3.03. The van der Waals surface area contributed by atoms with Crippen LogP contribution in [0.4, 0.5) is 0 Å². The third-order valence-corrected chi connectivity index (χ3v) is 4.32. The Labute approximate surface area is 141 Å². The van der Waals surface area contributed by atoms with E-state index in [0.717, 1.165) is 27.5 Å². The molecule has 5 rings (SSSR count). The maximum Gasteiger partial charge on any atom is 0.258 e. The number of pyridine rings is 1. The molecule has 0 spiro atoms. The van der Waals surface area contributed by atoms with Crippen LogP contribution in [0, 0.1) is 0 Å². The molecule has 3 heterocycles. The Kier molecular flexibility index (Phi) is 2.84. The number of hydrogen-bond donors (Lipinski definition) is 2. The van der Waals surface area contributed by atoms with Crippen LogP contribution in [0.15, 0.2) is 71.8 Å². The van der Waals surface area contributed by atoms with Crippen LogP contribution in [0.3, 0.4) is 0 Å². The van der Waals surface area contributed by atoms with E-state index in [9.17, 15) is 4.79 Å². The van der Waals surface area contributed by atoms with Gasteiger partial charge >= 0.3 is 0 Å². The monoisotopic (exact) mass is 327 g/mol. The molecule has 0 saturated heterocycles. The summed E-state index contributed by atoms with van der Waals surface area (Å²) in [5.41, 5.74) is 3.64. The van der Waals surface area contributed by atoms with Crippen molar-refractivity contribution in [2.24, 2.45) is 0 Å². The molecule has 0 aliphatic carbocycles. The van der Waals surface area contributed by atoms with Crippen LogP contribution in [0.2, 0.25) is 0 Å². The van der Waals surface area contributed by atoms with Crippen LogP contribution in [0.5, 0.6) is 0 Å². The minimum atomic E-state index is -0.174. The Bertz CT molecular complexity index is 1280. The largest absolute Gasteiger partial charge is 0.361 e. The summed E-state index contributed by atoms with van der Waals surface area (Å²) >= 11 is 0. The Hall–Kier alpha value is -3.67. The van der Waals surface area contributed by atoms with Crippen LogP contribution in [0.25, 0.3) is 38.8 Å². The Morgan fingerprint density at radius 3 is 2.76 bits per heavy atom. The smallest absolute Gasteiger partial charge is 0.258 e. The van der Waals surface area contributed by atoms with Gasteiger partial charge in [0, 0.05) is 22.6 Å². The normalized spacial score (nSPS) is 11.4. The maximum atomic E-state index is 12.4. The van der Waals surface area contributed by atoms with Crippen LogP contribution in [0.1, 0.15) is 0 Å². The number of H-pyrrole nitrogens is 2. The zero-order valence-corrected chi connectivity index (χ0v) is 13.1. The first-order valence-corrected chi connectivity index (χ1v) is 7.90. The van der Waals surface area contributed by atoms with Crippen molar-refractivity contribution in [2.75, 3.05) is 0 Å². The van der Waals surface area contributed by atoms with Gasteiger partial charge in [0.15, 0.2) is 0 Å². The lowest BCUT2D eigenvalue weighted by Crippen LogP contribution is -2.08. The Balaban J connectivity index is 1.62. The first kappa shape index (κ1) is 13.7. The van der Waals surface area contributed by atoms with Crippen molar-refractivity contribution in [1.29, 1.82) is 0 Å². The third kappa shape index (κ3) is 2.23. The summed E-state index contributed by atoms with van der Waals surface area (Å²) < 4.78 is 1.68. The van der Waals surface area contributed by atoms with E-state index in [1.165, 1.54) is 0 Å². The minimum Gasteiger partial charge on any atom is -0.361 e. The van der Waals surface area contributed by atoms with Gasteiger partial charge in [0.25, 0.3) is 5.56 Å². The molecule has 25 heavy (non-hydrogen) atoms. The van der Waals surface area contributed by atoms with E-state index < -0.39 is 0 Å². The lowest BCUT2D eigenvalue weighted by molar-refractivity contribution is 0.805. The summed E-state index contributed by atoms with van der Waals surface area (Å²) in [5, 5.41) is 10.4. The molecule has 0 saturated carbocycles. The average molecular weight is 327 g/mol. The number of aromatic nitrogens is 5. The van der Waals surface area contributed by atoms with Gasteiger partial charge in [-0.05, 0) is 41.8 Å². The van der Waals surface area contributed by atoms with Gasteiger partial charge in [-0.1, -0.05) is 23.4 Å². The van der Waals surface area contributed by atoms with E-state index in [4.69, 9.17) is 0 Å². The van der Waals surface area contributed by atoms with Crippen LogP contribution in [-0.2, 0) is 0 Å². The summed E-state index contributed by atoms with van der Waals surface area (Å²) in [6, 6.07) is 17.5. The predicted molar refractivity (Wildman–Crippen MR) is 96.8 cm³/mol. The first-order valence-electron chi connectivity index (χ1n) is 7.90. The van der Waals surface area contributed by atoms with E-state index >= 15 is 0 Å². The fourth-order valence-corrected chi connectivity index (χ4v) is 3.03. The van der Waals surface area contributed by atoms with Gasteiger partial charge in [-0.25, -0.2) is 4.68 Å². The van der Waals surface area contributed by atoms with Gasteiger partial charge in [-0.3, -0.25) is 4.79 Å². The van der Waals surface area contributed by atoms with E-state index in [0.29, 0.717) is 11.3 Å². The molecule has 2 aromatic carbocycles. The zero-order valence-electron chi connectivity index (χ0n) is 13.1. The highest BCUT2D eigenvalue weighted by Gasteiger charge is 2.11. The van der Waals surface area contributed by atoms with Crippen LogP contribution < -0.4 is 5.56 Å². The fraction of sp³-hybridized carbons (Fsp3) is 0. The van der Waals surface area contributed by atoms with E-state index in [-0.39, 0.29) is 5.56 Å². The highest BCUT2D eigenvalue weighted by molar-refractivity contribution is 5.83. The van der Waals surface area contributed by atoms with Gasteiger partial charge in [0.05, 0.1) is 17.4 Å². The summed E-state index contributed by atoms with van der Waals surface area (Å²) in [6.07, 6.45) is 3.67. The molecule has 6 nitrogen and oxygen atoms in total. The van der Waals surface area contributed by atoms with Gasteiger partial charge < -0.3 is 9.97 Å². The molecule has 6 heteroatoms. The molecule has 0 bridgehead atoms. The number of fused-ring (bicyclic) bond motifs is 2. The molecule has 0 unspecified atom stereocenters. The Morgan fingerprint density at radius 2 is 1.80 bits per heavy atom. The SMILES string of the molecule is O=c1[nH]c2ccccc2cc1-c1cn(-c2ccc3[nH]ccc3c2)nn1. The molecule has 0 amide bonds. The van der Waals surface area contributed by atoms with Crippen molar-refractivity contribution in [3.05, 3.63) is 77.3 Å². The molecular weight excluding hydrogens is 314 g/mol. The highest BCUT2D eigenvalue weighted by Crippen LogP contribution is 2.20. The maximum absolute atomic E-state index is 12.4. The molecule has 0 radical (unpaired) electrons. The van der Waals surface area contributed by atoms with Crippen LogP contribution >= 0.6 is 0 Å². The predicted octanol–water partition coefficient (Wildman–Crippen LogP) is 3.26. The van der Waals surface area contributed by atoms with Crippen molar-refractivity contribution in [3.8, 4) is 16.9 Å². The number of nitrogens with zero attached hydrogens (tertiary/aromatic N) is 3. The first-order chi connectivity index (χ1) is 12.3. The van der Waals surface area contributed by atoms with E-state index in [1.54, 1.807) is 10.9 Å². The van der Waals surface area contributed by atoms with Crippen molar-refractivity contribution >= 4 is 21.8 Å². The number of rotatable bonds is 2. The number of hydrogen-bond acceptors (Lipinski definition) is 3. The number of para-hydroxylation sites is 1. The van der Waals surface area contributed by atoms with Gasteiger partial charge in [-0.15, -0.1) is 5.10 Å². The molecule has 120 valence electrons. The summed E-state index contributed by atoms with van der Waals surface area (Å²) in [4.78, 5) is 18.4. The summed E-state index contributed by atoms with van der Waals surface area (Å²) in [7, 11) is 0. The minimum absolute atomic E-state index is 0.174. The van der Waals surface area contributed by atoms with Gasteiger partial charge in [0.2, 0.25) is 0 Å². The second-order valence-electron chi connectivity index (χ2n) is 5.90. The van der Waals surface area contributed by atoms with Crippen molar-refractivity contribution in [3.63, 3.8) is 0 Å². The second-order valence-corrected chi connectivity index (χ2v) is 5.90. The molecule has 2 N–H and O–H groups in total. The second kappa shape index (κ2) is 5.17. The molecular formula is C19H13N5O. The number of aromatic amines is 2. The van der Waals surface area contributed by atoms with Gasteiger partial charge in [-0.2, -0.15) is 0 Å². The summed E-state index contributed by atoms with van der Waals surface area (Å²) in [6.45, 7) is 0. The van der Waals surface area contributed by atoms with Crippen LogP contribution in [-0.4, -0.2) is 25.0 Å². The highest BCUT2D eigenvalue weighted by atomic mass is 16.1. The standard InChI is InChI=1S/C19H13N5O/c25-19-15(10-12-3-1-2-4-17(12)21-19)18-11-24(23-22-18)14-5-6-16-13(9-14)7-8-20-16/h1-11,20H,(H,21,25). The molecule has 3 aromatic heterocycles. The molecule has 0 aliphatic rings. The zero-order chi connectivity index (χ0) is 16.8. The van der Waals surface area contributed by atoms with E-state index in [1.807, 2.05) is 60.8 Å². The molecule has 0 aliphatic heterocycles. The average Bonchev–Trinajstić information content (AvgIpc) is 3.29. The van der Waals surface area contributed by atoms with Crippen molar-refractivity contribution in [1.82, 2.24) is 25.0 Å².